The molecule has 5 heteroatoms. The smallest absolute Gasteiger partial charge is 0.339 e. The number of pyridine rings is 1. The Morgan fingerprint density at radius 2 is 1.54 bits per heavy atom. The summed E-state index contributed by atoms with van der Waals surface area (Å²) in [5.74, 6) is -0.381. The molecule has 128 valence electrons. The van der Waals surface area contributed by atoms with Crippen LogP contribution in [0.5, 0.6) is 5.75 Å². The van der Waals surface area contributed by atoms with Gasteiger partial charge < -0.3 is 9.52 Å². The van der Waals surface area contributed by atoms with Crippen molar-refractivity contribution >= 4 is 11.0 Å². The SMILES string of the molecule is Cc1c(-c2ccccc2)n(-c2ccccc2)c(=O)c2c(O)cc(=O)oc12. The third kappa shape index (κ3) is 2.41. The third-order valence-electron chi connectivity index (χ3n) is 4.34. The van der Waals surface area contributed by atoms with Crippen molar-refractivity contribution in [3.63, 3.8) is 0 Å². The Labute approximate surface area is 148 Å². The zero-order valence-corrected chi connectivity index (χ0v) is 14.0. The second-order valence-corrected chi connectivity index (χ2v) is 5.97. The molecule has 2 aromatic carbocycles. The highest BCUT2D eigenvalue weighted by molar-refractivity contribution is 5.89. The highest BCUT2D eigenvalue weighted by atomic mass is 16.4. The van der Waals surface area contributed by atoms with Gasteiger partial charge in [0.2, 0.25) is 0 Å². The average molecular weight is 345 g/mol. The topological polar surface area (TPSA) is 72.4 Å². The zero-order chi connectivity index (χ0) is 18.3. The lowest BCUT2D eigenvalue weighted by molar-refractivity contribution is 0.466. The summed E-state index contributed by atoms with van der Waals surface area (Å²) >= 11 is 0. The molecule has 4 rings (SSSR count). The van der Waals surface area contributed by atoms with E-state index >= 15 is 0 Å². The predicted molar refractivity (Wildman–Crippen MR) is 99.9 cm³/mol. The molecule has 0 atom stereocenters. The van der Waals surface area contributed by atoms with Crippen LogP contribution in [0.2, 0.25) is 0 Å². The quantitative estimate of drug-likeness (QED) is 0.602. The molecule has 0 fully saturated rings. The number of fused-ring (bicyclic) bond motifs is 1. The van der Waals surface area contributed by atoms with Gasteiger partial charge in [-0.25, -0.2) is 4.79 Å². The van der Waals surface area contributed by atoms with Gasteiger partial charge in [0.05, 0.1) is 11.8 Å². The normalized spacial score (nSPS) is 11.0. The fourth-order valence-corrected chi connectivity index (χ4v) is 3.21. The van der Waals surface area contributed by atoms with Gasteiger partial charge in [0.1, 0.15) is 11.1 Å². The minimum absolute atomic E-state index is 0.00867. The number of hydrogen-bond donors (Lipinski definition) is 1. The van der Waals surface area contributed by atoms with Crippen LogP contribution >= 0.6 is 0 Å². The van der Waals surface area contributed by atoms with E-state index in [0.29, 0.717) is 16.9 Å². The van der Waals surface area contributed by atoms with E-state index in [-0.39, 0.29) is 16.7 Å². The monoisotopic (exact) mass is 345 g/mol. The highest BCUT2D eigenvalue weighted by Crippen LogP contribution is 2.31. The molecule has 0 saturated carbocycles. The van der Waals surface area contributed by atoms with Gasteiger partial charge in [-0.2, -0.15) is 0 Å². The Morgan fingerprint density at radius 1 is 0.923 bits per heavy atom. The average Bonchev–Trinajstić information content (AvgIpc) is 2.65. The third-order valence-corrected chi connectivity index (χ3v) is 4.34. The van der Waals surface area contributed by atoms with Gasteiger partial charge in [-0.15, -0.1) is 0 Å². The van der Waals surface area contributed by atoms with Crippen LogP contribution in [0, 0.1) is 6.92 Å². The Balaban J connectivity index is 2.26. The molecule has 5 nitrogen and oxygen atoms in total. The van der Waals surface area contributed by atoms with E-state index in [0.717, 1.165) is 11.6 Å². The molecule has 0 spiro atoms. The van der Waals surface area contributed by atoms with E-state index in [2.05, 4.69) is 0 Å². The summed E-state index contributed by atoms with van der Waals surface area (Å²) < 4.78 is 6.81. The summed E-state index contributed by atoms with van der Waals surface area (Å²) in [6.07, 6.45) is 0. The molecule has 4 aromatic rings. The van der Waals surface area contributed by atoms with E-state index in [9.17, 15) is 14.7 Å². The van der Waals surface area contributed by atoms with Gasteiger partial charge in [0, 0.05) is 11.3 Å². The standard InChI is InChI=1S/C21H15NO4/c1-13-19(14-8-4-2-5-9-14)22(15-10-6-3-7-11-15)21(25)18-16(23)12-17(24)26-20(13)18/h2-12,23H,1H3. The van der Waals surface area contributed by atoms with E-state index in [4.69, 9.17) is 4.42 Å². The summed E-state index contributed by atoms with van der Waals surface area (Å²) in [6.45, 7) is 1.77. The Bertz CT molecular complexity index is 1220. The molecule has 0 aliphatic heterocycles. The molecular weight excluding hydrogens is 330 g/mol. The molecule has 0 radical (unpaired) electrons. The van der Waals surface area contributed by atoms with E-state index in [1.165, 1.54) is 4.57 Å². The molecular formula is C21H15NO4. The molecule has 0 saturated heterocycles. The van der Waals surface area contributed by atoms with Crippen LogP contribution in [-0.2, 0) is 0 Å². The number of aromatic hydroxyl groups is 1. The van der Waals surface area contributed by atoms with Gasteiger partial charge in [0.15, 0.2) is 5.58 Å². The van der Waals surface area contributed by atoms with Crippen LogP contribution in [0.1, 0.15) is 5.56 Å². The second kappa shape index (κ2) is 6.04. The summed E-state index contributed by atoms with van der Waals surface area (Å²) in [5, 5.41) is 10.2. The van der Waals surface area contributed by atoms with Crippen molar-refractivity contribution in [3.8, 4) is 22.7 Å². The Kier molecular flexibility index (Phi) is 3.69. The lowest BCUT2D eigenvalue weighted by Gasteiger charge is -2.17. The number of rotatable bonds is 2. The molecule has 1 N–H and O–H groups in total. The van der Waals surface area contributed by atoms with Crippen molar-refractivity contribution in [2.45, 2.75) is 6.92 Å². The molecule has 0 bridgehead atoms. The van der Waals surface area contributed by atoms with Gasteiger partial charge in [-0.05, 0) is 24.6 Å². The van der Waals surface area contributed by atoms with E-state index in [1.807, 2.05) is 60.7 Å². The van der Waals surface area contributed by atoms with Crippen molar-refractivity contribution < 1.29 is 9.52 Å². The fourth-order valence-electron chi connectivity index (χ4n) is 3.21. The second-order valence-electron chi connectivity index (χ2n) is 5.97. The molecule has 0 aliphatic carbocycles. The van der Waals surface area contributed by atoms with Crippen LogP contribution in [0.25, 0.3) is 27.9 Å². The number of aryl methyl sites for hydroxylation is 1. The lowest BCUT2D eigenvalue weighted by Crippen LogP contribution is -2.22. The number of nitrogens with zero attached hydrogens (tertiary/aromatic N) is 1. The van der Waals surface area contributed by atoms with Gasteiger partial charge in [-0.3, -0.25) is 9.36 Å². The minimum Gasteiger partial charge on any atom is -0.507 e. The molecule has 0 unspecified atom stereocenters. The van der Waals surface area contributed by atoms with Gasteiger partial charge in [-0.1, -0.05) is 48.5 Å². The molecule has 2 heterocycles. The first-order valence-electron chi connectivity index (χ1n) is 8.11. The van der Waals surface area contributed by atoms with Gasteiger partial charge >= 0.3 is 5.63 Å². The molecule has 2 aromatic heterocycles. The molecule has 26 heavy (non-hydrogen) atoms. The fraction of sp³-hybridized carbons (Fsp3) is 0.0476. The van der Waals surface area contributed by atoms with Crippen molar-refractivity contribution in [1.29, 1.82) is 0 Å². The molecule has 0 amide bonds. The van der Waals surface area contributed by atoms with Crippen LogP contribution < -0.4 is 11.2 Å². The number of aromatic nitrogens is 1. The van der Waals surface area contributed by atoms with Crippen LogP contribution in [0.3, 0.4) is 0 Å². The van der Waals surface area contributed by atoms with Crippen molar-refractivity contribution in [2.24, 2.45) is 0 Å². The summed E-state index contributed by atoms with van der Waals surface area (Å²) in [4.78, 5) is 25.0. The first kappa shape index (κ1) is 15.9. The summed E-state index contributed by atoms with van der Waals surface area (Å²) in [5.41, 5.74) is 1.63. The lowest BCUT2D eigenvalue weighted by atomic mass is 10.0. The van der Waals surface area contributed by atoms with E-state index in [1.54, 1.807) is 6.92 Å². The van der Waals surface area contributed by atoms with E-state index < -0.39 is 11.2 Å². The van der Waals surface area contributed by atoms with Crippen molar-refractivity contribution in [3.05, 3.63) is 93.1 Å². The Morgan fingerprint density at radius 3 is 2.19 bits per heavy atom. The Hall–Kier alpha value is -3.60. The minimum atomic E-state index is -0.700. The number of hydrogen-bond acceptors (Lipinski definition) is 4. The van der Waals surface area contributed by atoms with Crippen LogP contribution in [0.15, 0.2) is 80.7 Å². The maximum absolute atomic E-state index is 13.2. The largest absolute Gasteiger partial charge is 0.507 e. The van der Waals surface area contributed by atoms with Gasteiger partial charge in [0.25, 0.3) is 5.56 Å². The van der Waals surface area contributed by atoms with Crippen LogP contribution in [0.4, 0.5) is 0 Å². The van der Waals surface area contributed by atoms with Crippen LogP contribution in [-0.4, -0.2) is 9.67 Å². The summed E-state index contributed by atoms with van der Waals surface area (Å²) in [6, 6.07) is 19.5. The molecule has 0 aliphatic rings. The number of para-hydroxylation sites is 1. The van der Waals surface area contributed by atoms with Crippen molar-refractivity contribution in [2.75, 3.05) is 0 Å². The predicted octanol–water partition coefficient (Wildman–Crippen LogP) is 3.62. The zero-order valence-electron chi connectivity index (χ0n) is 14.0. The summed E-state index contributed by atoms with van der Waals surface area (Å²) in [7, 11) is 0. The first-order chi connectivity index (χ1) is 12.6. The highest BCUT2D eigenvalue weighted by Gasteiger charge is 2.21. The first-order valence-corrected chi connectivity index (χ1v) is 8.11. The maximum Gasteiger partial charge on any atom is 0.339 e. The number of benzene rings is 2. The van der Waals surface area contributed by atoms with Crippen molar-refractivity contribution in [1.82, 2.24) is 4.57 Å². The maximum atomic E-state index is 13.2.